The molecule has 0 spiro atoms. The van der Waals surface area contributed by atoms with Crippen LogP contribution < -0.4 is 11.3 Å². The molecule has 2 bridgehead atoms. The number of rotatable bonds is 3. The molecule has 0 radical (unpaired) electrons. The summed E-state index contributed by atoms with van der Waals surface area (Å²) in [6.45, 7) is 8.11. The van der Waals surface area contributed by atoms with Gasteiger partial charge in [-0.25, -0.2) is 0 Å². The number of hydrazine groups is 1. The molecule has 4 heterocycles. The van der Waals surface area contributed by atoms with Crippen LogP contribution in [-0.2, 0) is 0 Å². The standard InChI is InChI=1S/C12H20N4S/c1-9-2-3-11(17-9)12(14-13)10-8-15-4-6-16(10)7-5-15/h2-3,10,12,14H,4-8,13H2,1H3. The van der Waals surface area contributed by atoms with Crippen LogP contribution in [0.4, 0.5) is 0 Å². The molecule has 3 aliphatic rings. The molecule has 3 N–H and O–H groups in total. The molecule has 2 unspecified atom stereocenters. The van der Waals surface area contributed by atoms with E-state index in [9.17, 15) is 0 Å². The van der Waals surface area contributed by atoms with Gasteiger partial charge in [0.15, 0.2) is 0 Å². The van der Waals surface area contributed by atoms with Crippen molar-refractivity contribution in [1.82, 2.24) is 15.2 Å². The first-order chi connectivity index (χ1) is 8.28. The van der Waals surface area contributed by atoms with Gasteiger partial charge < -0.3 is 0 Å². The van der Waals surface area contributed by atoms with Crippen molar-refractivity contribution in [3.63, 3.8) is 0 Å². The normalized spacial score (nSPS) is 33.9. The number of hydrogen-bond donors (Lipinski definition) is 2. The first-order valence-electron chi connectivity index (χ1n) is 6.27. The summed E-state index contributed by atoms with van der Waals surface area (Å²) < 4.78 is 0. The van der Waals surface area contributed by atoms with Crippen molar-refractivity contribution in [2.45, 2.75) is 19.0 Å². The van der Waals surface area contributed by atoms with Crippen LogP contribution in [0.2, 0.25) is 0 Å². The van der Waals surface area contributed by atoms with Crippen molar-refractivity contribution in [2.24, 2.45) is 5.84 Å². The largest absolute Gasteiger partial charge is 0.299 e. The predicted octanol–water partition coefficient (Wildman–Crippen LogP) is 0.561. The molecule has 3 fully saturated rings. The van der Waals surface area contributed by atoms with E-state index < -0.39 is 0 Å². The van der Waals surface area contributed by atoms with Crippen molar-refractivity contribution in [1.29, 1.82) is 0 Å². The topological polar surface area (TPSA) is 44.5 Å². The van der Waals surface area contributed by atoms with Gasteiger partial charge in [-0.2, -0.15) is 0 Å². The molecule has 1 aromatic heterocycles. The SMILES string of the molecule is Cc1ccc(C(NN)C2CN3CCN2CC3)s1. The number of nitrogens with two attached hydrogens (primary N) is 1. The summed E-state index contributed by atoms with van der Waals surface area (Å²) in [6.07, 6.45) is 0. The molecule has 94 valence electrons. The summed E-state index contributed by atoms with van der Waals surface area (Å²) >= 11 is 1.85. The lowest BCUT2D eigenvalue weighted by Gasteiger charge is -2.49. The second-order valence-corrected chi connectivity index (χ2v) is 6.32. The molecule has 0 saturated carbocycles. The lowest BCUT2D eigenvalue weighted by atomic mass is 9.99. The Bertz CT molecular complexity index is 384. The van der Waals surface area contributed by atoms with E-state index in [1.165, 1.54) is 35.9 Å². The van der Waals surface area contributed by atoms with E-state index in [1.54, 1.807) is 0 Å². The van der Waals surface area contributed by atoms with Gasteiger partial charge in [0.05, 0.1) is 6.04 Å². The maximum atomic E-state index is 5.79. The molecule has 1 aromatic rings. The molecule has 2 atom stereocenters. The molecule has 3 aliphatic heterocycles. The van der Waals surface area contributed by atoms with Gasteiger partial charge in [-0.15, -0.1) is 11.3 Å². The van der Waals surface area contributed by atoms with Crippen molar-refractivity contribution in [3.8, 4) is 0 Å². The maximum absolute atomic E-state index is 5.79. The highest BCUT2D eigenvalue weighted by Gasteiger charge is 2.37. The first kappa shape index (κ1) is 11.6. The summed E-state index contributed by atoms with van der Waals surface area (Å²) in [7, 11) is 0. The monoisotopic (exact) mass is 252 g/mol. The zero-order valence-electron chi connectivity index (χ0n) is 10.2. The van der Waals surface area contributed by atoms with Gasteiger partial charge in [-0.1, -0.05) is 0 Å². The fourth-order valence-electron chi connectivity index (χ4n) is 2.98. The van der Waals surface area contributed by atoms with Gasteiger partial charge in [0.2, 0.25) is 0 Å². The van der Waals surface area contributed by atoms with Gasteiger partial charge in [0.25, 0.3) is 0 Å². The molecule has 4 nitrogen and oxygen atoms in total. The van der Waals surface area contributed by atoms with Crippen LogP contribution in [0.1, 0.15) is 15.8 Å². The smallest absolute Gasteiger partial charge is 0.0720 e. The van der Waals surface area contributed by atoms with Crippen LogP contribution in [0, 0.1) is 6.92 Å². The van der Waals surface area contributed by atoms with E-state index in [2.05, 4.69) is 34.3 Å². The van der Waals surface area contributed by atoms with Crippen LogP contribution >= 0.6 is 11.3 Å². The third-order valence-electron chi connectivity index (χ3n) is 3.95. The fraction of sp³-hybridized carbons (Fsp3) is 0.667. The van der Waals surface area contributed by atoms with E-state index in [0.717, 1.165) is 6.54 Å². The number of piperazine rings is 3. The second-order valence-electron chi connectivity index (χ2n) is 5.00. The molecular weight excluding hydrogens is 232 g/mol. The lowest BCUT2D eigenvalue weighted by molar-refractivity contribution is -0.00315. The minimum absolute atomic E-state index is 0.275. The summed E-state index contributed by atoms with van der Waals surface area (Å²) in [5, 5.41) is 0. The van der Waals surface area contributed by atoms with Crippen LogP contribution in [0.5, 0.6) is 0 Å². The van der Waals surface area contributed by atoms with E-state index in [-0.39, 0.29) is 6.04 Å². The Labute approximate surface area is 106 Å². The average Bonchev–Trinajstić information content (AvgIpc) is 2.78. The van der Waals surface area contributed by atoms with Crippen LogP contribution in [0.25, 0.3) is 0 Å². The van der Waals surface area contributed by atoms with Gasteiger partial charge in [-0.3, -0.25) is 21.1 Å². The highest BCUT2D eigenvalue weighted by Crippen LogP contribution is 2.30. The van der Waals surface area contributed by atoms with E-state index >= 15 is 0 Å². The minimum atomic E-state index is 0.275. The predicted molar refractivity (Wildman–Crippen MR) is 70.9 cm³/mol. The molecule has 0 amide bonds. The highest BCUT2D eigenvalue weighted by molar-refractivity contribution is 7.12. The zero-order chi connectivity index (χ0) is 11.8. The zero-order valence-corrected chi connectivity index (χ0v) is 11.0. The molecule has 3 saturated heterocycles. The summed E-state index contributed by atoms with van der Waals surface area (Å²) in [4.78, 5) is 7.86. The number of aryl methyl sites for hydroxylation is 1. The van der Waals surface area contributed by atoms with Gasteiger partial charge in [-0.05, 0) is 19.1 Å². The maximum Gasteiger partial charge on any atom is 0.0720 e. The minimum Gasteiger partial charge on any atom is -0.299 e. The Morgan fingerprint density at radius 3 is 2.59 bits per heavy atom. The van der Waals surface area contributed by atoms with E-state index in [1.807, 2.05) is 11.3 Å². The molecular formula is C12H20N4S. The Hall–Kier alpha value is -0.460. The summed E-state index contributed by atoms with van der Waals surface area (Å²) in [5.41, 5.74) is 3.03. The Kier molecular flexibility index (Phi) is 3.19. The first-order valence-corrected chi connectivity index (χ1v) is 7.08. The summed E-state index contributed by atoms with van der Waals surface area (Å²) in [5.74, 6) is 5.79. The number of nitrogens with zero attached hydrogens (tertiary/aromatic N) is 2. The van der Waals surface area contributed by atoms with Crippen molar-refractivity contribution in [3.05, 3.63) is 21.9 Å². The quantitative estimate of drug-likeness (QED) is 0.609. The lowest BCUT2D eigenvalue weighted by Crippen LogP contribution is -2.64. The van der Waals surface area contributed by atoms with Gasteiger partial charge in [0, 0.05) is 48.5 Å². The van der Waals surface area contributed by atoms with E-state index in [0.29, 0.717) is 6.04 Å². The summed E-state index contributed by atoms with van der Waals surface area (Å²) in [6, 6.07) is 5.20. The van der Waals surface area contributed by atoms with Crippen LogP contribution in [-0.4, -0.2) is 48.6 Å². The molecule has 17 heavy (non-hydrogen) atoms. The fourth-order valence-corrected chi connectivity index (χ4v) is 3.97. The number of thiophene rings is 1. The van der Waals surface area contributed by atoms with Gasteiger partial charge >= 0.3 is 0 Å². The molecule has 0 aliphatic carbocycles. The molecule has 5 heteroatoms. The molecule has 4 rings (SSSR count). The third kappa shape index (κ3) is 2.13. The average molecular weight is 252 g/mol. The number of hydrogen-bond acceptors (Lipinski definition) is 5. The Morgan fingerprint density at radius 2 is 2.12 bits per heavy atom. The Morgan fingerprint density at radius 1 is 1.35 bits per heavy atom. The van der Waals surface area contributed by atoms with E-state index in [4.69, 9.17) is 5.84 Å². The number of fused-ring (bicyclic) bond motifs is 3. The van der Waals surface area contributed by atoms with Gasteiger partial charge in [0.1, 0.15) is 0 Å². The van der Waals surface area contributed by atoms with Crippen LogP contribution in [0.3, 0.4) is 0 Å². The van der Waals surface area contributed by atoms with Crippen molar-refractivity contribution < 1.29 is 0 Å². The Balaban J connectivity index is 1.81. The second kappa shape index (κ2) is 4.66. The van der Waals surface area contributed by atoms with Crippen molar-refractivity contribution in [2.75, 3.05) is 32.7 Å². The number of nitrogens with one attached hydrogen (secondary N) is 1. The molecule has 0 aromatic carbocycles. The van der Waals surface area contributed by atoms with Crippen molar-refractivity contribution >= 4 is 11.3 Å². The van der Waals surface area contributed by atoms with Crippen LogP contribution in [0.15, 0.2) is 12.1 Å². The highest BCUT2D eigenvalue weighted by atomic mass is 32.1. The third-order valence-corrected chi connectivity index (χ3v) is 5.04.